The minimum Gasteiger partial charge on any atom is -0.481 e. The van der Waals surface area contributed by atoms with Crippen molar-refractivity contribution in [2.24, 2.45) is 46.3 Å². The van der Waals surface area contributed by atoms with Crippen LogP contribution in [0.25, 0.3) is 0 Å². The van der Waals surface area contributed by atoms with Crippen molar-refractivity contribution in [2.75, 3.05) is 0 Å². The summed E-state index contributed by atoms with van der Waals surface area (Å²) in [5, 5.41) is 30.6. The second kappa shape index (κ2) is 7.57. The first kappa shape index (κ1) is 21.2. The van der Waals surface area contributed by atoms with E-state index in [1.165, 1.54) is 0 Å². The van der Waals surface area contributed by atoms with Crippen molar-refractivity contribution >= 4 is 5.97 Å². The van der Waals surface area contributed by atoms with E-state index in [4.69, 9.17) is 11.5 Å². The zero-order valence-corrected chi connectivity index (χ0v) is 18.0. The maximum Gasteiger partial charge on any atom is 0.303 e. The lowest BCUT2D eigenvalue weighted by molar-refractivity contribution is -0.173. The standard InChI is InChI=1S/C25H38O4/c1-4-15(5-8-22(28)29)18-6-7-19-23-20(10-12-25(18,19)3)24(2)11-9-17(26)13-16(24)14-21(23)27/h1,15-21,23,26-27H,5-14H2,2-3H3,(H,28,29)/t15-,16+,17-,18-,19+,20+,21+,23+,24+,25-/m1/s1. The van der Waals surface area contributed by atoms with Gasteiger partial charge in [0.2, 0.25) is 0 Å². The van der Waals surface area contributed by atoms with Crippen molar-refractivity contribution in [3.05, 3.63) is 0 Å². The highest BCUT2D eigenvalue weighted by Gasteiger charge is 2.63. The summed E-state index contributed by atoms with van der Waals surface area (Å²) in [6.45, 7) is 4.81. The Labute approximate surface area is 175 Å². The lowest BCUT2D eigenvalue weighted by Crippen LogP contribution is -2.58. The molecule has 0 saturated heterocycles. The van der Waals surface area contributed by atoms with E-state index in [1.54, 1.807) is 0 Å². The van der Waals surface area contributed by atoms with Gasteiger partial charge in [-0.2, -0.15) is 0 Å². The third kappa shape index (κ3) is 3.33. The van der Waals surface area contributed by atoms with Crippen LogP contribution in [0.1, 0.15) is 78.1 Å². The van der Waals surface area contributed by atoms with E-state index in [9.17, 15) is 15.0 Å². The summed E-state index contributed by atoms with van der Waals surface area (Å²) in [7, 11) is 0. The molecule has 0 spiro atoms. The van der Waals surface area contributed by atoms with Gasteiger partial charge in [0.1, 0.15) is 0 Å². The molecule has 0 bridgehead atoms. The largest absolute Gasteiger partial charge is 0.481 e. The number of terminal acetylenes is 1. The highest BCUT2D eigenvalue weighted by molar-refractivity contribution is 5.66. The molecule has 0 amide bonds. The summed E-state index contributed by atoms with van der Waals surface area (Å²) in [5.74, 6) is 4.33. The second-order valence-corrected chi connectivity index (χ2v) is 11.2. The molecule has 4 nitrogen and oxygen atoms in total. The van der Waals surface area contributed by atoms with E-state index in [0.717, 1.165) is 51.4 Å². The van der Waals surface area contributed by atoms with Gasteiger partial charge < -0.3 is 15.3 Å². The average Bonchev–Trinajstić information content (AvgIpc) is 3.01. The van der Waals surface area contributed by atoms with Crippen LogP contribution in [-0.4, -0.2) is 33.5 Å². The topological polar surface area (TPSA) is 77.8 Å². The highest BCUT2D eigenvalue weighted by atomic mass is 16.4. The van der Waals surface area contributed by atoms with E-state index >= 15 is 0 Å². The number of fused-ring (bicyclic) bond motifs is 5. The molecule has 4 aliphatic carbocycles. The first-order valence-electron chi connectivity index (χ1n) is 11.7. The predicted molar refractivity (Wildman–Crippen MR) is 112 cm³/mol. The molecule has 4 rings (SSSR count). The smallest absolute Gasteiger partial charge is 0.303 e. The van der Waals surface area contributed by atoms with E-state index in [2.05, 4.69) is 19.8 Å². The Kier molecular flexibility index (Phi) is 5.53. The van der Waals surface area contributed by atoms with E-state index in [0.29, 0.717) is 36.0 Å². The third-order valence-electron chi connectivity index (χ3n) is 10.1. The number of aliphatic hydroxyl groups is 2. The Morgan fingerprint density at radius 2 is 1.76 bits per heavy atom. The molecule has 0 heterocycles. The zero-order chi connectivity index (χ0) is 21.0. The molecule has 4 fully saturated rings. The van der Waals surface area contributed by atoms with Crippen LogP contribution >= 0.6 is 0 Å². The maximum atomic E-state index is 11.3. The molecular formula is C25H38O4. The summed E-state index contributed by atoms with van der Waals surface area (Å²) >= 11 is 0. The van der Waals surface area contributed by atoms with Crippen molar-refractivity contribution < 1.29 is 20.1 Å². The molecule has 4 heteroatoms. The van der Waals surface area contributed by atoms with Crippen LogP contribution in [0.15, 0.2) is 0 Å². The molecule has 0 aromatic heterocycles. The number of hydrogen-bond acceptors (Lipinski definition) is 3. The van der Waals surface area contributed by atoms with Gasteiger partial charge in [-0.3, -0.25) is 4.79 Å². The monoisotopic (exact) mass is 402 g/mol. The molecule has 10 atom stereocenters. The number of carboxylic acids is 1. The summed E-state index contributed by atoms with van der Waals surface area (Å²) in [6.07, 6.45) is 14.2. The van der Waals surface area contributed by atoms with Crippen LogP contribution in [0, 0.1) is 58.7 Å². The Bertz CT molecular complexity index is 683. The van der Waals surface area contributed by atoms with Gasteiger partial charge in [-0.1, -0.05) is 13.8 Å². The van der Waals surface area contributed by atoms with Crippen LogP contribution in [0.4, 0.5) is 0 Å². The van der Waals surface area contributed by atoms with Crippen molar-refractivity contribution in [1.29, 1.82) is 0 Å². The Balaban J connectivity index is 1.58. The normalized spacial score (nSPS) is 50.0. The van der Waals surface area contributed by atoms with Gasteiger partial charge in [0.05, 0.1) is 12.2 Å². The summed E-state index contributed by atoms with van der Waals surface area (Å²) in [6, 6.07) is 0. The SMILES string of the molecule is C#C[C@H](CCC(=O)O)[C@H]1CC[C@H]2[C@@H]3[C@@H](O)C[C@@H]4C[C@H](O)CC[C@]4(C)[C@H]3CC[C@]12C. The zero-order valence-electron chi connectivity index (χ0n) is 18.0. The van der Waals surface area contributed by atoms with Gasteiger partial charge in [-0.25, -0.2) is 0 Å². The van der Waals surface area contributed by atoms with Gasteiger partial charge >= 0.3 is 5.97 Å². The summed E-state index contributed by atoms with van der Waals surface area (Å²) in [4.78, 5) is 11.1. The van der Waals surface area contributed by atoms with Crippen LogP contribution in [0.2, 0.25) is 0 Å². The van der Waals surface area contributed by atoms with Gasteiger partial charge in [0.25, 0.3) is 0 Å². The van der Waals surface area contributed by atoms with Crippen LogP contribution in [-0.2, 0) is 4.79 Å². The Morgan fingerprint density at radius 3 is 2.45 bits per heavy atom. The Hall–Kier alpha value is -1.05. The lowest BCUT2D eigenvalue weighted by Gasteiger charge is -2.62. The molecule has 0 unspecified atom stereocenters. The fourth-order valence-corrected chi connectivity index (χ4v) is 8.58. The molecule has 0 radical (unpaired) electrons. The van der Waals surface area contributed by atoms with Crippen molar-refractivity contribution in [2.45, 2.75) is 90.3 Å². The lowest BCUT2D eigenvalue weighted by atomic mass is 9.43. The minimum absolute atomic E-state index is 0.0200. The number of carbonyl (C=O) groups is 1. The fourth-order valence-electron chi connectivity index (χ4n) is 8.58. The number of carboxylic acid groups (broad SMARTS) is 1. The maximum absolute atomic E-state index is 11.3. The summed E-state index contributed by atoms with van der Waals surface area (Å²) in [5.41, 5.74) is 0.340. The van der Waals surface area contributed by atoms with Crippen molar-refractivity contribution in [1.82, 2.24) is 0 Å². The van der Waals surface area contributed by atoms with Crippen molar-refractivity contribution in [3.8, 4) is 12.3 Å². The highest BCUT2D eigenvalue weighted by Crippen LogP contribution is 2.68. The molecule has 4 saturated carbocycles. The van der Waals surface area contributed by atoms with Crippen molar-refractivity contribution in [3.63, 3.8) is 0 Å². The fraction of sp³-hybridized carbons (Fsp3) is 0.880. The summed E-state index contributed by atoms with van der Waals surface area (Å²) < 4.78 is 0. The molecule has 4 aliphatic rings. The molecule has 29 heavy (non-hydrogen) atoms. The van der Waals surface area contributed by atoms with Gasteiger partial charge in [0.15, 0.2) is 0 Å². The number of aliphatic hydroxyl groups excluding tert-OH is 2. The van der Waals surface area contributed by atoms with Gasteiger partial charge in [-0.15, -0.1) is 12.3 Å². The molecular weight excluding hydrogens is 364 g/mol. The molecule has 0 aliphatic heterocycles. The second-order valence-electron chi connectivity index (χ2n) is 11.2. The predicted octanol–water partition coefficient (Wildman–Crippen LogP) is 4.09. The number of aliphatic carboxylic acids is 1. The number of hydrogen-bond donors (Lipinski definition) is 3. The third-order valence-corrected chi connectivity index (χ3v) is 10.1. The van der Waals surface area contributed by atoms with Crippen LogP contribution in [0.5, 0.6) is 0 Å². The van der Waals surface area contributed by atoms with Gasteiger partial charge in [0, 0.05) is 12.3 Å². The van der Waals surface area contributed by atoms with Crippen LogP contribution in [0.3, 0.4) is 0 Å². The molecule has 0 aromatic carbocycles. The average molecular weight is 403 g/mol. The number of rotatable bonds is 4. The van der Waals surface area contributed by atoms with Crippen LogP contribution < -0.4 is 0 Å². The molecule has 0 aromatic rings. The van der Waals surface area contributed by atoms with Gasteiger partial charge in [-0.05, 0) is 98.2 Å². The minimum atomic E-state index is -0.769. The first-order valence-corrected chi connectivity index (χ1v) is 11.7. The first-order chi connectivity index (χ1) is 13.7. The van der Waals surface area contributed by atoms with E-state index in [1.807, 2.05) is 0 Å². The van der Waals surface area contributed by atoms with E-state index in [-0.39, 0.29) is 35.4 Å². The van der Waals surface area contributed by atoms with E-state index < -0.39 is 5.97 Å². The molecule has 3 N–H and O–H groups in total. The molecule has 162 valence electrons. The quantitative estimate of drug-likeness (QED) is 0.619. The Morgan fingerprint density at radius 1 is 1.07 bits per heavy atom.